The number of rotatable bonds is 0. The zero-order valence-electron chi connectivity index (χ0n) is 5.74. The third-order valence-corrected chi connectivity index (χ3v) is 2.80. The first-order valence-corrected chi connectivity index (χ1v) is 4.34. The van der Waals surface area contributed by atoms with Crippen molar-refractivity contribution in [3.05, 3.63) is 27.6 Å². The molecule has 1 heterocycles. The molecular weight excluding hydrogens is 246 g/mol. The minimum absolute atomic E-state index is 0.0869. The Balaban J connectivity index is 2.94. The van der Waals surface area contributed by atoms with Crippen molar-refractivity contribution in [2.24, 2.45) is 0 Å². The average Bonchev–Trinajstić information content (AvgIpc) is 2.48. The van der Waals surface area contributed by atoms with Gasteiger partial charge < -0.3 is 0 Å². The molecule has 1 aromatic carbocycles. The molecule has 0 saturated heterocycles. The molecule has 0 fully saturated rings. The maximum Gasteiger partial charge on any atom is 0.153 e. The first kappa shape index (κ1) is 8.01. The molecule has 2 nitrogen and oxygen atoms in total. The number of hydrogen-bond donors (Lipinski definition) is 1. The lowest BCUT2D eigenvalue weighted by atomic mass is 10.2. The van der Waals surface area contributed by atoms with Crippen LogP contribution in [0.5, 0.6) is 0 Å². The standard InChI is InChI=1S/C7H3BrClFN2/c8-4-1-5-3(2-11-12-5)7(10)6(4)9/h1-2H,(H,11,12). The van der Waals surface area contributed by atoms with Gasteiger partial charge in [0.2, 0.25) is 0 Å². The van der Waals surface area contributed by atoms with Crippen molar-refractivity contribution in [1.82, 2.24) is 10.2 Å². The van der Waals surface area contributed by atoms with Gasteiger partial charge in [0.15, 0.2) is 5.82 Å². The molecule has 0 aliphatic heterocycles. The third-order valence-electron chi connectivity index (χ3n) is 1.58. The van der Waals surface area contributed by atoms with Gasteiger partial charge in [0, 0.05) is 4.47 Å². The van der Waals surface area contributed by atoms with E-state index in [2.05, 4.69) is 26.1 Å². The lowest BCUT2D eigenvalue weighted by molar-refractivity contribution is 0.639. The second kappa shape index (κ2) is 2.71. The number of H-pyrrole nitrogens is 1. The van der Waals surface area contributed by atoms with Gasteiger partial charge in [-0.1, -0.05) is 11.6 Å². The Hall–Kier alpha value is -0.610. The van der Waals surface area contributed by atoms with Crippen LogP contribution in [0.25, 0.3) is 10.9 Å². The second-order valence-electron chi connectivity index (χ2n) is 2.32. The Morgan fingerprint density at radius 2 is 2.33 bits per heavy atom. The smallest absolute Gasteiger partial charge is 0.153 e. The molecular formula is C7H3BrClFN2. The van der Waals surface area contributed by atoms with E-state index in [4.69, 9.17) is 11.6 Å². The zero-order chi connectivity index (χ0) is 8.72. The molecule has 0 unspecified atom stereocenters. The maximum absolute atomic E-state index is 13.3. The van der Waals surface area contributed by atoms with Gasteiger partial charge in [0.25, 0.3) is 0 Å². The number of nitrogens with one attached hydrogen (secondary N) is 1. The minimum Gasteiger partial charge on any atom is -0.278 e. The molecule has 2 aromatic rings. The quantitative estimate of drug-likeness (QED) is 0.714. The largest absolute Gasteiger partial charge is 0.278 e. The van der Waals surface area contributed by atoms with Gasteiger partial charge in [-0.25, -0.2) is 4.39 Å². The van der Waals surface area contributed by atoms with Crippen LogP contribution < -0.4 is 0 Å². The Bertz CT molecular complexity index is 440. The summed E-state index contributed by atoms with van der Waals surface area (Å²) in [4.78, 5) is 0. The van der Waals surface area contributed by atoms with Crippen LogP contribution in [-0.4, -0.2) is 10.2 Å². The van der Waals surface area contributed by atoms with Crippen molar-refractivity contribution in [2.45, 2.75) is 0 Å². The molecule has 0 saturated carbocycles. The minimum atomic E-state index is -0.449. The van der Waals surface area contributed by atoms with Crippen LogP contribution in [0.3, 0.4) is 0 Å². The molecule has 12 heavy (non-hydrogen) atoms. The summed E-state index contributed by atoms with van der Waals surface area (Å²) < 4.78 is 13.8. The van der Waals surface area contributed by atoms with Gasteiger partial charge in [-0.2, -0.15) is 5.10 Å². The molecule has 5 heteroatoms. The van der Waals surface area contributed by atoms with E-state index in [9.17, 15) is 4.39 Å². The Kier molecular flexibility index (Phi) is 1.81. The fourth-order valence-corrected chi connectivity index (χ4v) is 1.55. The van der Waals surface area contributed by atoms with Crippen molar-refractivity contribution >= 4 is 38.4 Å². The maximum atomic E-state index is 13.3. The van der Waals surface area contributed by atoms with Crippen molar-refractivity contribution in [2.75, 3.05) is 0 Å². The number of hydrogen-bond acceptors (Lipinski definition) is 1. The third kappa shape index (κ3) is 1.03. The lowest BCUT2D eigenvalue weighted by Crippen LogP contribution is -1.80. The highest BCUT2D eigenvalue weighted by Gasteiger charge is 2.10. The Labute approximate surface area is 80.8 Å². The summed E-state index contributed by atoms with van der Waals surface area (Å²) in [7, 11) is 0. The lowest BCUT2D eigenvalue weighted by Gasteiger charge is -1.97. The SMILES string of the molecule is Fc1c(Cl)c(Br)cc2[nH]ncc12. The van der Waals surface area contributed by atoms with Gasteiger partial charge in [0.05, 0.1) is 22.1 Å². The number of aromatic amines is 1. The van der Waals surface area contributed by atoms with Gasteiger partial charge in [-0.15, -0.1) is 0 Å². The summed E-state index contributed by atoms with van der Waals surface area (Å²) in [6.45, 7) is 0. The number of nitrogens with zero attached hydrogens (tertiary/aromatic N) is 1. The summed E-state index contributed by atoms with van der Waals surface area (Å²) in [5.74, 6) is -0.449. The Morgan fingerprint density at radius 1 is 1.58 bits per heavy atom. The van der Waals surface area contributed by atoms with E-state index in [0.717, 1.165) is 0 Å². The van der Waals surface area contributed by atoms with E-state index in [1.54, 1.807) is 6.07 Å². The monoisotopic (exact) mass is 248 g/mol. The number of aromatic nitrogens is 2. The van der Waals surface area contributed by atoms with Crippen LogP contribution in [0.2, 0.25) is 5.02 Å². The molecule has 0 radical (unpaired) electrons. The number of benzene rings is 1. The van der Waals surface area contributed by atoms with E-state index in [0.29, 0.717) is 15.4 Å². The van der Waals surface area contributed by atoms with Gasteiger partial charge in [0.1, 0.15) is 0 Å². The number of fused-ring (bicyclic) bond motifs is 1. The highest BCUT2D eigenvalue weighted by atomic mass is 79.9. The molecule has 0 aliphatic carbocycles. The van der Waals surface area contributed by atoms with Crippen molar-refractivity contribution < 1.29 is 4.39 Å². The van der Waals surface area contributed by atoms with Crippen molar-refractivity contribution in [3.63, 3.8) is 0 Å². The summed E-state index contributed by atoms with van der Waals surface area (Å²) >= 11 is 8.78. The summed E-state index contributed by atoms with van der Waals surface area (Å²) in [5, 5.41) is 6.84. The molecule has 0 amide bonds. The molecule has 2 rings (SSSR count). The highest BCUT2D eigenvalue weighted by molar-refractivity contribution is 9.10. The van der Waals surface area contributed by atoms with Crippen LogP contribution in [0.1, 0.15) is 0 Å². The summed E-state index contributed by atoms with van der Waals surface area (Å²) in [6.07, 6.45) is 1.41. The topological polar surface area (TPSA) is 28.7 Å². The van der Waals surface area contributed by atoms with E-state index in [-0.39, 0.29) is 5.02 Å². The molecule has 62 valence electrons. The molecule has 0 bridgehead atoms. The van der Waals surface area contributed by atoms with E-state index in [1.807, 2.05) is 0 Å². The Morgan fingerprint density at radius 3 is 3.08 bits per heavy atom. The summed E-state index contributed by atoms with van der Waals surface area (Å²) in [5.41, 5.74) is 0.628. The van der Waals surface area contributed by atoms with Crippen molar-refractivity contribution in [1.29, 1.82) is 0 Å². The van der Waals surface area contributed by atoms with Crippen LogP contribution in [0, 0.1) is 5.82 Å². The predicted molar refractivity (Wildman–Crippen MR) is 48.8 cm³/mol. The fraction of sp³-hybridized carbons (Fsp3) is 0. The molecule has 0 spiro atoms. The molecule has 1 N–H and O–H groups in total. The first-order chi connectivity index (χ1) is 5.70. The van der Waals surface area contributed by atoms with Crippen LogP contribution in [-0.2, 0) is 0 Å². The van der Waals surface area contributed by atoms with Crippen LogP contribution in [0.4, 0.5) is 4.39 Å². The highest BCUT2D eigenvalue weighted by Crippen LogP contribution is 2.30. The van der Waals surface area contributed by atoms with E-state index in [1.165, 1.54) is 6.20 Å². The first-order valence-electron chi connectivity index (χ1n) is 3.16. The number of halogens is 3. The predicted octanol–water partition coefficient (Wildman–Crippen LogP) is 3.12. The van der Waals surface area contributed by atoms with Gasteiger partial charge >= 0.3 is 0 Å². The fourth-order valence-electron chi connectivity index (χ4n) is 0.994. The normalized spacial score (nSPS) is 10.9. The molecule has 0 atom stereocenters. The van der Waals surface area contributed by atoms with E-state index >= 15 is 0 Å². The average molecular weight is 249 g/mol. The van der Waals surface area contributed by atoms with Crippen LogP contribution in [0.15, 0.2) is 16.7 Å². The van der Waals surface area contributed by atoms with E-state index < -0.39 is 5.82 Å². The second-order valence-corrected chi connectivity index (χ2v) is 3.55. The molecule has 0 aliphatic rings. The van der Waals surface area contributed by atoms with Crippen molar-refractivity contribution in [3.8, 4) is 0 Å². The zero-order valence-corrected chi connectivity index (χ0v) is 8.08. The van der Waals surface area contributed by atoms with Crippen LogP contribution >= 0.6 is 27.5 Å². The van der Waals surface area contributed by atoms with Gasteiger partial charge in [-0.05, 0) is 22.0 Å². The van der Waals surface area contributed by atoms with Gasteiger partial charge in [-0.3, -0.25) is 5.10 Å². The summed E-state index contributed by atoms with van der Waals surface area (Å²) in [6, 6.07) is 1.69. The molecule has 1 aromatic heterocycles.